The van der Waals surface area contributed by atoms with Crippen LogP contribution in [-0.2, 0) is 0 Å². The van der Waals surface area contributed by atoms with Crippen LogP contribution in [-0.4, -0.2) is 24.7 Å². The molecule has 3 heterocycles. The van der Waals surface area contributed by atoms with Crippen LogP contribution in [0.5, 0.6) is 11.5 Å². The van der Waals surface area contributed by atoms with Crippen LogP contribution in [0.4, 0.5) is 0 Å². The third-order valence-corrected chi connectivity index (χ3v) is 8.94. The molecular weight excluding hydrogens is 562 g/mol. The van der Waals surface area contributed by atoms with Crippen LogP contribution in [0.3, 0.4) is 0 Å². The third-order valence-electron chi connectivity index (χ3n) is 6.53. The number of aromatic nitrogens is 5. The molecule has 0 aliphatic heterocycles. The number of nitrogens with zero attached hydrogens (tertiary/aromatic N) is 4. The summed E-state index contributed by atoms with van der Waals surface area (Å²) in [7, 11) is 0. The molecule has 0 saturated carbocycles. The van der Waals surface area contributed by atoms with Crippen molar-refractivity contribution in [1.29, 1.82) is 0 Å². The maximum absolute atomic E-state index is 12.9. The van der Waals surface area contributed by atoms with Crippen molar-refractivity contribution in [2.24, 2.45) is 0 Å². The van der Waals surface area contributed by atoms with E-state index in [1.807, 2.05) is 104 Å². The number of halogens is 1. The first-order valence-electron chi connectivity index (χ1n) is 12.6. The molecule has 0 unspecified atom stereocenters. The molecule has 3 aromatic heterocycles. The lowest BCUT2D eigenvalue weighted by Crippen LogP contribution is -2.12. The molecule has 3 aromatic carbocycles. The monoisotopic (exact) mass is 585 g/mol. The van der Waals surface area contributed by atoms with E-state index in [1.165, 1.54) is 23.1 Å². The summed E-state index contributed by atoms with van der Waals surface area (Å²) in [6.07, 6.45) is 0. The Kier molecular flexibility index (Phi) is 7.18. The van der Waals surface area contributed by atoms with Crippen molar-refractivity contribution < 1.29 is 4.74 Å². The van der Waals surface area contributed by atoms with E-state index >= 15 is 0 Å². The van der Waals surface area contributed by atoms with Gasteiger partial charge in [0, 0.05) is 21.2 Å². The van der Waals surface area contributed by atoms with Crippen molar-refractivity contribution in [2.75, 3.05) is 0 Å². The highest BCUT2D eigenvalue weighted by molar-refractivity contribution is 7.99. The van der Waals surface area contributed by atoms with E-state index < -0.39 is 0 Å². The van der Waals surface area contributed by atoms with E-state index in [4.69, 9.17) is 21.3 Å². The molecule has 0 bridgehead atoms. The first-order chi connectivity index (χ1) is 19.4. The van der Waals surface area contributed by atoms with Crippen LogP contribution in [0, 0.1) is 13.8 Å². The summed E-state index contributed by atoms with van der Waals surface area (Å²) in [5, 5.41) is 10.9. The number of aryl methyl sites for hydroxylation is 2. The van der Waals surface area contributed by atoms with Gasteiger partial charge >= 0.3 is 0 Å². The molecule has 0 spiro atoms. The highest BCUT2D eigenvalue weighted by atomic mass is 35.5. The lowest BCUT2D eigenvalue weighted by Gasteiger charge is -2.14. The maximum atomic E-state index is 12.9. The van der Waals surface area contributed by atoms with Gasteiger partial charge in [-0.15, -0.1) is 21.5 Å². The minimum atomic E-state index is -0.193. The van der Waals surface area contributed by atoms with Crippen molar-refractivity contribution in [2.45, 2.75) is 31.2 Å². The number of rotatable bonds is 7. The fraction of sp³-hybridized carbons (Fsp3) is 0.133. The quantitative estimate of drug-likeness (QED) is 0.190. The summed E-state index contributed by atoms with van der Waals surface area (Å²) in [6, 6.07) is 24.9. The van der Waals surface area contributed by atoms with Gasteiger partial charge in [-0.05, 0) is 87.0 Å². The lowest BCUT2D eigenvalue weighted by atomic mass is 10.2. The van der Waals surface area contributed by atoms with Gasteiger partial charge in [-0.1, -0.05) is 41.6 Å². The second kappa shape index (κ2) is 10.9. The van der Waals surface area contributed by atoms with Crippen molar-refractivity contribution in [3.8, 4) is 28.6 Å². The second-order valence-corrected chi connectivity index (χ2v) is 12.2. The number of nitrogens with one attached hydrogen (secondary N) is 1. The van der Waals surface area contributed by atoms with Gasteiger partial charge in [-0.25, -0.2) is 4.98 Å². The molecule has 0 aliphatic carbocycles. The molecule has 7 nitrogen and oxygen atoms in total. The van der Waals surface area contributed by atoms with E-state index in [2.05, 4.69) is 15.2 Å². The Labute approximate surface area is 243 Å². The van der Waals surface area contributed by atoms with Crippen molar-refractivity contribution in [1.82, 2.24) is 24.7 Å². The fourth-order valence-electron chi connectivity index (χ4n) is 4.33. The van der Waals surface area contributed by atoms with Gasteiger partial charge in [-0.2, -0.15) is 0 Å². The molecule has 1 N–H and O–H groups in total. The predicted octanol–water partition coefficient (Wildman–Crippen LogP) is 8.15. The average Bonchev–Trinajstić information content (AvgIpc) is 3.50. The smallest absolute Gasteiger partial charge is 0.259 e. The van der Waals surface area contributed by atoms with Gasteiger partial charge < -0.3 is 9.72 Å². The van der Waals surface area contributed by atoms with Crippen molar-refractivity contribution in [3.05, 3.63) is 111 Å². The number of ether oxygens (including phenoxy) is 1. The number of H-pyrrole nitrogens is 1. The molecule has 0 radical (unpaired) electrons. The molecular formula is C30H24ClN5O2S2. The van der Waals surface area contributed by atoms with E-state index in [9.17, 15) is 4.79 Å². The number of hydrogen-bond donors (Lipinski definition) is 1. The number of thioether (sulfide) groups is 1. The Hall–Kier alpha value is -3.92. The van der Waals surface area contributed by atoms with Crippen molar-refractivity contribution in [3.63, 3.8) is 0 Å². The molecule has 6 aromatic rings. The van der Waals surface area contributed by atoms with Gasteiger partial charge in [0.05, 0.1) is 10.6 Å². The van der Waals surface area contributed by atoms with Gasteiger partial charge in [0.15, 0.2) is 11.0 Å². The van der Waals surface area contributed by atoms with E-state index in [1.54, 1.807) is 0 Å². The van der Waals surface area contributed by atoms with Gasteiger partial charge in [0.1, 0.15) is 22.2 Å². The molecule has 6 rings (SSSR count). The summed E-state index contributed by atoms with van der Waals surface area (Å²) in [5.41, 5.74) is 2.60. The summed E-state index contributed by atoms with van der Waals surface area (Å²) >= 11 is 9.17. The molecule has 200 valence electrons. The van der Waals surface area contributed by atoms with Crippen LogP contribution < -0.4 is 10.3 Å². The summed E-state index contributed by atoms with van der Waals surface area (Å²) in [4.78, 5) is 22.5. The second-order valence-electron chi connectivity index (χ2n) is 9.23. The Bertz CT molecular complexity index is 1860. The van der Waals surface area contributed by atoms with Crippen LogP contribution >= 0.6 is 34.7 Å². The maximum Gasteiger partial charge on any atom is 0.259 e. The predicted molar refractivity (Wildman–Crippen MR) is 162 cm³/mol. The lowest BCUT2D eigenvalue weighted by molar-refractivity contribution is 0.482. The molecule has 40 heavy (non-hydrogen) atoms. The average molecular weight is 586 g/mol. The Morgan fingerprint density at radius 3 is 2.38 bits per heavy atom. The first-order valence-corrected chi connectivity index (χ1v) is 14.7. The number of hydrogen-bond acceptors (Lipinski definition) is 7. The van der Waals surface area contributed by atoms with Crippen LogP contribution in [0.1, 0.15) is 28.4 Å². The summed E-state index contributed by atoms with van der Waals surface area (Å²) in [5.74, 6) is 2.75. The zero-order valence-electron chi connectivity index (χ0n) is 21.9. The molecule has 0 amide bonds. The molecule has 10 heteroatoms. The number of para-hydroxylation sites is 1. The summed E-state index contributed by atoms with van der Waals surface area (Å²) in [6.45, 7) is 5.97. The minimum Gasteiger partial charge on any atom is -0.457 e. The molecule has 1 atom stereocenters. The standard InChI is InChI=1S/C30H24ClN5O2S2/c1-17-18(2)39-29-25(17)28(37)32-26(33-29)19(3)40-30-35-34-27(20-9-11-21(31)12-10-20)36(30)22-13-15-24(16-14-22)38-23-7-5-4-6-8-23/h4-16,19H,1-3H3,(H,32,33,37)/t19-/m1/s1. The van der Waals surface area contributed by atoms with Gasteiger partial charge in [-0.3, -0.25) is 9.36 Å². The zero-order chi connectivity index (χ0) is 27.8. The first kappa shape index (κ1) is 26.3. The molecule has 0 aliphatic rings. The van der Waals surface area contributed by atoms with Gasteiger partial charge in [0.25, 0.3) is 5.56 Å². The number of fused-ring (bicyclic) bond motifs is 1. The topological polar surface area (TPSA) is 85.7 Å². The van der Waals surface area contributed by atoms with E-state index in [0.717, 1.165) is 38.0 Å². The SMILES string of the molecule is Cc1sc2nc([C@@H](C)Sc3nnc(-c4ccc(Cl)cc4)n3-c3ccc(Oc4ccccc4)cc3)[nH]c(=O)c2c1C. The number of benzene rings is 3. The molecule has 0 fully saturated rings. The Morgan fingerprint density at radius 1 is 0.950 bits per heavy atom. The van der Waals surface area contributed by atoms with Crippen LogP contribution in [0.15, 0.2) is 88.8 Å². The minimum absolute atomic E-state index is 0.119. The number of thiophene rings is 1. The highest BCUT2D eigenvalue weighted by Crippen LogP contribution is 2.37. The van der Waals surface area contributed by atoms with E-state index in [0.29, 0.717) is 27.2 Å². The summed E-state index contributed by atoms with van der Waals surface area (Å²) < 4.78 is 7.98. The highest BCUT2D eigenvalue weighted by Gasteiger charge is 2.22. The van der Waals surface area contributed by atoms with Gasteiger partial charge in [0.2, 0.25) is 0 Å². The normalized spacial score (nSPS) is 12.1. The fourth-order valence-corrected chi connectivity index (χ4v) is 6.42. The largest absolute Gasteiger partial charge is 0.457 e. The van der Waals surface area contributed by atoms with Crippen molar-refractivity contribution >= 4 is 44.9 Å². The third kappa shape index (κ3) is 5.15. The van der Waals surface area contributed by atoms with Crippen LogP contribution in [0.25, 0.3) is 27.3 Å². The Balaban J connectivity index is 1.37. The van der Waals surface area contributed by atoms with E-state index in [-0.39, 0.29) is 10.8 Å². The van der Waals surface area contributed by atoms with Crippen LogP contribution in [0.2, 0.25) is 5.02 Å². The zero-order valence-corrected chi connectivity index (χ0v) is 24.3. The Morgan fingerprint density at radius 2 is 1.65 bits per heavy atom. The number of aromatic amines is 1. The molecule has 0 saturated heterocycles.